The minimum atomic E-state index is 0.0766. The highest BCUT2D eigenvalue weighted by molar-refractivity contribution is 6.15. The van der Waals surface area contributed by atoms with Crippen molar-refractivity contribution in [3.05, 3.63) is 119 Å². The third-order valence-corrected chi connectivity index (χ3v) is 7.47. The molecule has 1 aliphatic heterocycles. The Balaban J connectivity index is 0.000000307. The Hall–Kier alpha value is -3.13. The molecular formula is C39H56N2. The van der Waals surface area contributed by atoms with Crippen molar-refractivity contribution in [2.75, 3.05) is 0 Å². The van der Waals surface area contributed by atoms with Gasteiger partial charge in [-0.3, -0.25) is 4.99 Å². The van der Waals surface area contributed by atoms with Crippen LogP contribution in [0.4, 0.5) is 0 Å². The first-order chi connectivity index (χ1) is 19.5. The van der Waals surface area contributed by atoms with Crippen LogP contribution >= 0.6 is 0 Å². The van der Waals surface area contributed by atoms with Crippen molar-refractivity contribution < 1.29 is 0 Å². The van der Waals surface area contributed by atoms with Gasteiger partial charge < -0.3 is 5.32 Å². The number of hydrogen-bond acceptors (Lipinski definition) is 2. The summed E-state index contributed by atoms with van der Waals surface area (Å²) in [7, 11) is 0. The maximum absolute atomic E-state index is 4.80. The molecule has 1 heterocycles. The summed E-state index contributed by atoms with van der Waals surface area (Å²) < 4.78 is 0. The smallest absolute Gasteiger partial charge is 0.0779 e. The van der Waals surface area contributed by atoms with Gasteiger partial charge in [0, 0.05) is 34.5 Å². The van der Waals surface area contributed by atoms with Gasteiger partial charge in [-0.15, -0.1) is 0 Å². The highest BCUT2D eigenvalue weighted by Gasteiger charge is 2.19. The summed E-state index contributed by atoms with van der Waals surface area (Å²) in [6.07, 6.45) is 15.5. The molecular weight excluding hydrogens is 496 g/mol. The minimum absolute atomic E-state index is 0.0766. The molecule has 0 bridgehead atoms. The summed E-state index contributed by atoms with van der Waals surface area (Å²) in [5.74, 6) is 1.11. The van der Waals surface area contributed by atoms with E-state index in [0.717, 1.165) is 30.7 Å². The normalized spacial score (nSPS) is 14.2. The summed E-state index contributed by atoms with van der Waals surface area (Å²) in [5.41, 5.74) is 10.4. The zero-order valence-corrected chi connectivity index (χ0v) is 27.5. The van der Waals surface area contributed by atoms with Crippen molar-refractivity contribution in [3.63, 3.8) is 0 Å². The Morgan fingerprint density at radius 2 is 1.68 bits per heavy atom. The SMILES string of the molecule is C=C(NC(C)(C)C)C(CC)C(/C=C\C)=C(C)C.CCCCC(C)Cc1ccccc1C1=NC=CCc2ccccc21. The van der Waals surface area contributed by atoms with Gasteiger partial charge in [0.15, 0.2) is 0 Å². The van der Waals surface area contributed by atoms with Gasteiger partial charge in [-0.2, -0.15) is 0 Å². The number of unbranched alkanes of at least 4 members (excludes halogenated alkanes) is 1. The summed E-state index contributed by atoms with van der Waals surface area (Å²) in [6, 6.07) is 17.5. The second-order valence-electron chi connectivity index (χ2n) is 12.6. The van der Waals surface area contributed by atoms with E-state index in [0.29, 0.717) is 11.8 Å². The predicted octanol–water partition coefficient (Wildman–Crippen LogP) is 10.8. The standard InChI is InChI=1S/C23H27N.C16H29N/c1-3-4-10-18(2)17-20-12-6-8-15-22(20)23-21-14-7-5-11-19(21)13-9-16-24-23;1-9-11-15(12(3)4)14(10-2)13(5)17-16(6,7)8/h5-9,11-12,14-16,18H,3-4,10,13,17H2,1-2H3;9,11,14,17H,5,10H2,1-4,6-8H3/b;11-9-. The fourth-order valence-electron chi connectivity index (χ4n) is 5.51. The molecule has 0 saturated carbocycles. The van der Waals surface area contributed by atoms with Crippen LogP contribution in [0.5, 0.6) is 0 Å². The van der Waals surface area contributed by atoms with Crippen LogP contribution in [0.2, 0.25) is 0 Å². The van der Waals surface area contributed by atoms with Gasteiger partial charge in [0.1, 0.15) is 0 Å². The third-order valence-electron chi connectivity index (χ3n) is 7.47. The minimum Gasteiger partial charge on any atom is -0.384 e. The molecule has 1 aliphatic rings. The Morgan fingerprint density at radius 3 is 2.29 bits per heavy atom. The van der Waals surface area contributed by atoms with Crippen LogP contribution < -0.4 is 5.32 Å². The number of nitrogens with zero attached hydrogens (tertiary/aromatic N) is 1. The first kappa shape index (κ1) is 34.1. The molecule has 0 fully saturated rings. The van der Waals surface area contributed by atoms with Crippen LogP contribution in [0.3, 0.4) is 0 Å². The maximum Gasteiger partial charge on any atom is 0.0779 e. The summed E-state index contributed by atoms with van der Waals surface area (Å²) in [6.45, 7) is 24.0. The molecule has 41 heavy (non-hydrogen) atoms. The van der Waals surface area contributed by atoms with Crippen LogP contribution in [0.15, 0.2) is 101 Å². The highest BCUT2D eigenvalue weighted by Crippen LogP contribution is 2.27. The zero-order chi connectivity index (χ0) is 30.4. The van der Waals surface area contributed by atoms with Gasteiger partial charge in [0.2, 0.25) is 0 Å². The lowest BCUT2D eigenvalue weighted by atomic mass is 9.88. The van der Waals surface area contributed by atoms with Gasteiger partial charge in [-0.05, 0) is 83.4 Å². The van der Waals surface area contributed by atoms with E-state index in [9.17, 15) is 0 Å². The number of hydrogen-bond donors (Lipinski definition) is 1. The monoisotopic (exact) mass is 552 g/mol. The lowest BCUT2D eigenvalue weighted by Gasteiger charge is -2.29. The molecule has 0 aromatic heterocycles. The van der Waals surface area contributed by atoms with E-state index in [2.05, 4.69) is 141 Å². The molecule has 0 radical (unpaired) electrons. The molecule has 2 aromatic rings. The Morgan fingerprint density at radius 1 is 1.02 bits per heavy atom. The second-order valence-corrected chi connectivity index (χ2v) is 12.6. The molecule has 2 aromatic carbocycles. The van der Waals surface area contributed by atoms with Crippen molar-refractivity contribution in [1.29, 1.82) is 0 Å². The van der Waals surface area contributed by atoms with Crippen LogP contribution in [0.1, 0.15) is 110 Å². The van der Waals surface area contributed by atoms with Crippen LogP contribution in [0, 0.1) is 11.8 Å². The van der Waals surface area contributed by atoms with E-state index in [-0.39, 0.29) is 5.54 Å². The van der Waals surface area contributed by atoms with E-state index in [1.165, 1.54) is 52.7 Å². The Labute approximate surface area is 252 Å². The molecule has 0 amide bonds. The van der Waals surface area contributed by atoms with Crippen LogP contribution in [-0.4, -0.2) is 11.3 Å². The predicted molar refractivity (Wildman–Crippen MR) is 183 cm³/mol. The Bertz CT molecular complexity index is 1230. The average molecular weight is 553 g/mol. The van der Waals surface area contributed by atoms with E-state index >= 15 is 0 Å². The molecule has 1 N–H and O–H groups in total. The zero-order valence-electron chi connectivity index (χ0n) is 27.5. The molecule has 2 nitrogen and oxygen atoms in total. The highest BCUT2D eigenvalue weighted by atomic mass is 15.0. The van der Waals surface area contributed by atoms with Gasteiger partial charge in [0.05, 0.1) is 5.71 Å². The topological polar surface area (TPSA) is 24.4 Å². The summed E-state index contributed by atoms with van der Waals surface area (Å²) in [5, 5.41) is 3.50. The molecule has 3 rings (SSSR count). The summed E-state index contributed by atoms with van der Waals surface area (Å²) >= 11 is 0. The first-order valence-corrected chi connectivity index (χ1v) is 15.7. The number of allylic oxidation sites excluding steroid dienone is 5. The first-order valence-electron chi connectivity index (χ1n) is 15.7. The van der Waals surface area contributed by atoms with Crippen molar-refractivity contribution in [2.24, 2.45) is 16.8 Å². The Kier molecular flexibility index (Phi) is 14.1. The largest absolute Gasteiger partial charge is 0.384 e. The number of rotatable bonds is 11. The molecule has 0 aliphatic carbocycles. The quantitative estimate of drug-likeness (QED) is 0.275. The van der Waals surface area contributed by atoms with E-state index in [4.69, 9.17) is 4.99 Å². The van der Waals surface area contributed by atoms with Crippen molar-refractivity contribution in [3.8, 4) is 0 Å². The van der Waals surface area contributed by atoms with Crippen molar-refractivity contribution in [2.45, 2.75) is 106 Å². The number of benzene rings is 2. The lowest BCUT2D eigenvalue weighted by Crippen LogP contribution is -2.37. The molecule has 0 saturated heterocycles. The number of nitrogens with one attached hydrogen (secondary N) is 1. The maximum atomic E-state index is 4.80. The van der Waals surface area contributed by atoms with Gasteiger partial charge in [-0.25, -0.2) is 0 Å². The van der Waals surface area contributed by atoms with Gasteiger partial charge >= 0.3 is 0 Å². The van der Waals surface area contributed by atoms with Crippen molar-refractivity contribution in [1.82, 2.24) is 5.32 Å². The lowest BCUT2D eigenvalue weighted by molar-refractivity contribution is 0.442. The fraction of sp³-hybridized carbons (Fsp3) is 0.462. The number of fused-ring (bicyclic) bond motifs is 1. The molecule has 2 heteroatoms. The molecule has 222 valence electrons. The van der Waals surface area contributed by atoms with Gasteiger partial charge in [-0.1, -0.05) is 119 Å². The van der Waals surface area contributed by atoms with Crippen molar-refractivity contribution >= 4 is 5.71 Å². The second kappa shape index (κ2) is 17.0. The van der Waals surface area contributed by atoms with E-state index in [1.807, 2.05) is 6.20 Å². The molecule has 2 atom stereocenters. The summed E-state index contributed by atoms with van der Waals surface area (Å²) in [4.78, 5) is 4.80. The average Bonchev–Trinajstić information content (AvgIpc) is 3.14. The van der Waals surface area contributed by atoms with Gasteiger partial charge in [0.25, 0.3) is 0 Å². The van der Waals surface area contributed by atoms with E-state index < -0.39 is 0 Å². The fourth-order valence-corrected chi connectivity index (χ4v) is 5.51. The van der Waals surface area contributed by atoms with Crippen LogP contribution in [-0.2, 0) is 12.8 Å². The third kappa shape index (κ3) is 11.0. The van der Waals surface area contributed by atoms with E-state index in [1.54, 1.807) is 0 Å². The number of aliphatic imine (C=N–C) groups is 1. The molecule has 2 unspecified atom stereocenters. The van der Waals surface area contributed by atoms with Crippen LogP contribution in [0.25, 0.3) is 0 Å². The molecule has 0 spiro atoms.